The minimum atomic E-state index is -1.54. The molecule has 0 aliphatic rings. The number of hydrogen-bond acceptors (Lipinski definition) is 0. The largest absolute Gasteiger partial charge is 0.114 e. The third-order valence-electron chi connectivity index (χ3n) is 4.34. The third kappa shape index (κ3) is 2.35. The van der Waals surface area contributed by atoms with Crippen LogP contribution in [0.2, 0.25) is 18.3 Å². The van der Waals surface area contributed by atoms with Gasteiger partial charge in [0, 0.05) is 9.52 Å². The van der Waals surface area contributed by atoms with Crippen LogP contribution in [0.5, 0.6) is 0 Å². The molecule has 0 heterocycles. The van der Waals surface area contributed by atoms with Crippen molar-refractivity contribution in [2.24, 2.45) is 0 Å². The first kappa shape index (κ1) is 13.3. The Kier molecular flexibility index (Phi) is 4.20. The van der Waals surface area contributed by atoms with E-state index in [0.717, 1.165) is 5.16 Å². The van der Waals surface area contributed by atoms with Gasteiger partial charge in [-0.1, -0.05) is 96.2 Å². The van der Waals surface area contributed by atoms with E-state index in [0.29, 0.717) is 0 Å². The van der Waals surface area contributed by atoms with E-state index in [2.05, 4.69) is 80.7 Å². The van der Waals surface area contributed by atoms with Crippen molar-refractivity contribution in [3.63, 3.8) is 0 Å². The van der Waals surface area contributed by atoms with E-state index in [1.807, 2.05) is 0 Å². The summed E-state index contributed by atoms with van der Waals surface area (Å²) in [5.74, 6) is 0. The number of rotatable bonds is 4. The van der Waals surface area contributed by atoms with E-state index >= 15 is 0 Å². The van der Waals surface area contributed by atoms with Gasteiger partial charge in [-0.2, -0.15) is 0 Å². The molecular weight excluding hydrogens is 248 g/mol. The van der Waals surface area contributed by atoms with E-state index in [1.54, 1.807) is 10.4 Å². The molecule has 0 fully saturated rings. The molecule has 2 aromatic carbocycles. The fraction of sp³-hybridized carbons (Fsp3) is 0.250. The van der Waals surface area contributed by atoms with Gasteiger partial charge in [0.25, 0.3) is 0 Å². The van der Waals surface area contributed by atoms with E-state index in [4.69, 9.17) is 0 Å². The second-order valence-electron chi connectivity index (χ2n) is 5.24. The second-order valence-corrected chi connectivity index (χ2v) is 12.6. The van der Waals surface area contributed by atoms with Gasteiger partial charge in [-0.3, -0.25) is 0 Å². The second kappa shape index (κ2) is 5.68. The molecule has 18 heavy (non-hydrogen) atoms. The van der Waals surface area contributed by atoms with Crippen LogP contribution < -0.4 is 10.4 Å². The molecule has 2 aromatic rings. The number of benzene rings is 2. The lowest BCUT2D eigenvalue weighted by molar-refractivity contribution is 1.26. The van der Waals surface area contributed by atoms with E-state index in [-0.39, 0.29) is 9.52 Å². The summed E-state index contributed by atoms with van der Waals surface area (Å²) in [5, 5.41) is 4.05. The average molecular weight is 271 g/mol. The predicted octanol–water partition coefficient (Wildman–Crippen LogP) is 2.44. The molecule has 2 heteroatoms. The normalized spacial score (nSPS) is 13.9. The Balaban J connectivity index is 2.55. The van der Waals surface area contributed by atoms with Crippen LogP contribution in [0, 0.1) is 0 Å². The van der Waals surface area contributed by atoms with Crippen LogP contribution in [0.1, 0.15) is 6.92 Å². The molecule has 0 spiro atoms. The Labute approximate surface area is 114 Å². The van der Waals surface area contributed by atoms with Crippen molar-refractivity contribution >= 4 is 28.0 Å². The lowest BCUT2D eigenvalue weighted by atomic mass is 10.4. The summed E-state index contributed by atoms with van der Waals surface area (Å²) >= 11 is 0. The van der Waals surface area contributed by atoms with Gasteiger partial charge in [0.05, 0.1) is 0 Å². The smallest absolute Gasteiger partial charge is 0.0748 e. The first-order chi connectivity index (χ1) is 8.69. The summed E-state index contributed by atoms with van der Waals surface area (Å²) in [6.07, 6.45) is 0. The van der Waals surface area contributed by atoms with Gasteiger partial charge in [-0.05, 0) is 0 Å². The summed E-state index contributed by atoms with van der Waals surface area (Å²) in [6.45, 7) is 7.46. The zero-order valence-electron chi connectivity index (χ0n) is 11.6. The Bertz CT molecular complexity index is 439. The maximum absolute atomic E-state index is 2.54. The van der Waals surface area contributed by atoms with Gasteiger partial charge < -0.3 is 0 Å². The molecule has 0 nitrogen and oxygen atoms in total. The Morgan fingerprint density at radius 1 is 0.833 bits per heavy atom. The van der Waals surface area contributed by atoms with Crippen molar-refractivity contribution in [1.29, 1.82) is 0 Å². The molecule has 2 rings (SSSR count). The standard InChI is InChI=1S/C16H22Si2/c1-14(17-2)18(3,15-10-6-4-7-11-15)16-12-8-5-9-13-16/h4-14H,17H2,1-3H3. The fourth-order valence-electron chi connectivity index (χ4n) is 2.71. The van der Waals surface area contributed by atoms with Gasteiger partial charge >= 0.3 is 0 Å². The summed E-state index contributed by atoms with van der Waals surface area (Å²) in [5.41, 5.74) is 0. The van der Waals surface area contributed by atoms with Crippen LogP contribution in [0.4, 0.5) is 0 Å². The third-order valence-corrected chi connectivity index (χ3v) is 14.3. The zero-order chi connectivity index (χ0) is 13.0. The summed E-state index contributed by atoms with van der Waals surface area (Å²) in [7, 11) is -1.53. The van der Waals surface area contributed by atoms with Crippen molar-refractivity contribution in [3.8, 4) is 0 Å². The van der Waals surface area contributed by atoms with Gasteiger partial charge in [0.1, 0.15) is 8.07 Å². The van der Waals surface area contributed by atoms with E-state index in [1.165, 1.54) is 0 Å². The van der Waals surface area contributed by atoms with Crippen molar-refractivity contribution < 1.29 is 0 Å². The van der Waals surface area contributed by atoms with Crippen LogP contribution in [-0.2, 0) is 0 Å². The Hall–Kier alpha value is -1.13. The lowest BCUT2D eigenvalue weighted by Gasteiger charge is -2.34. The molecule has 1 unspecified atom stereocenters. The van der Waals surface area contributed by atoms with Gasteiger partial charge in [-0.15, -0.1) is 0 Å². The van der Waals surface area contributed by atoms with Crippen LogP contribution >= 0.6 is 0 Å². The molecule has 0 aliphatic carbocycles. The van der Waals surface area contributed by atoms with Crippen LogP contribution in [0.25, 0.3) is 0 Å². The quantitative estimate of drug-likeness (QED) is 0.749. The fourth-order valence-corrected chi connectivity index (χ4v) is 10.6. The monoisotopic (exact) mass is 270 g/mol. The topological polar surface area (TPSA) is 0 Å². The SMILES string of the molecule is C[SiH2]C(C)[Si](C)(c1ccccc1)c1ccccc1. The molecule has 1 atom stereocenters. The summed E-state index contributed by atoms with van der Waals surface area (Å²) in [4.78, 5) is 0. The van der Waals surface area contributed by atoms with E-state index in [9.17, 15) is 0 Å². The molecule has 0 saturated heterocycles. The highest BCUT2D eigenvalue weighted by atomic mass is 28.4. The number of hydrogen-bond donors (Lipinski definition) is 0. The molecule has 94 valence electrons. The molecule has 0 aromatic heterocycles. The molecule has 0 N–H and O–H groups in total. The molecule has 0 radical (unpaired) electrons. The minimum Gasteiger partial charge on any atom is -0.0748 e. The van der Waals surface area contributed by atoms with Crippen LogP contribution in [0.15, 0.2) is 60.7 Å². The van der Waals surface area contributed by atoms with Crippen molar-refractivity contribution in [1.82, 2.24) is 0 Å². The van der Waals surface area contributed by atoms with E-state index < -0.39 is 8.07 Å². The maximum Gasteiger partial charge on any atom is 0.114 e. The first-order valence-corrected chi connectivity index (χ1v) is 11.6. The van der Waals surface area contributed by atoms with Gasteiger partial charge in [0.15, 0.2) is 0 Å². The predicted molar refractivity (Wildman–Crippen MR) is 87.6 cm³/mol. The molecule has 0 amide bonds. The average Bonchev–Trinajstić information content (AvgIpc) is 2.47. The maximum atomic E-state index is 2.54. The molecule has 0 aliphatic heterocycles. The molecule has 0 saturated carbocycles. The Morgan fingerprint density at radius 2 is 1.22 bits per heavy atom. The Morgan fingerprint density at radius 3 is 1.56 bits per heavy atom. The van der Waals surface area contributed by atoms with Crippen LogP contribution in [0.3, 0.4) is 0 Å². The van der Waals surface area contributed by atoms with Gasteiger partial charge in [0.2, 0.25) is 0 Å². The minimum absolute atomic E-state index is 0.00832. The highest BCUT2D eigenvalue weighted by Gasteiger charge is 2.36. The highest BCUT2D eigenvalue weighted by molar-refractivity contribution is 7.06. The molecule has 0 bridgehead atoms. The summed E-state index contributed by atoms with van der Waals surface area (Å²) < 4.78 is 0. The summed E-state index contributed by atoms with van der Waals surface area (Å²) in [6, 6.07) is 22.3. The molecular formula is C16H22Si2. The van der Waals surface area contributed by atoms with Gasteiger partial charge in [-0.25, -0.2) is 0 Å². The van der Waals surface area contributed by atoms with Crippen LogP contribution in [-0.4, -0.2) is 17.6 Å². The highest BCUT2D eigenvalue weighted by Crippen LogP contribution is 2.20. The van der Waals surface area contributed by atoms with Crippen molar-refractivity contribution in [2.45, 2.75) is 25.2 Å². The van der Waals surface area contributed by atoms with Crippen molar-refractivity contribution in [2.75, 3.05) is 0 Å². The zero-order valence-corrected chi connectivity index (χ0v) is 14.0. The lowest BCUT2D eigenvalue weighted by Crippen LogP contribution is -2.59. The van der Waals surface area contributed by atoms with Crippen molar-refractivity contribution in [3.05, 3.63) is 60.7 Å². The first-order valence-electron chi connectivity index (χ1n) is 6.80.